The Morgan fingerprint density at radius 1 is 1.19 bits per heavy atom. The zero-order valence-electron chi connectivity index (χ0n) is 19.1. The van der Waals surface area contributed by atoms with Crippen molar-refractivity contribution in [3.8, 4) is 5.69 Å². The van der Waals surface area contributed by atoms with Crippen LogP contribution in [0, 0.1) is 5.82 Å². The Balaban J connectivity index is 1.25. The molecule has 0 bridgehead atoms. The van der Waals surface area contributed by atoms with Gasteiger partial charge in [0.2, 0.25) is 11.8 Å². The zero-order valence-corrected chi connectivity index (χ0v) is 19.9. The van der Waals surface area contributed by atoms with Gasteiger partial charge in [-0.3, -0.25) is 19.6 Å². The Morgan fingerprint density at radius 3 is 2.81 bits per heavy atom. The second-order valence-electron chi connectivity index (χ2n) is 9.10. The van der Waals surface area contributed by atoms with Crippen molar-refractivity contribution >= 4 is 40.6 Å². The van der Waals surface area contributed by atoms with Crippen LogP contribution < -0.4 is 5.32 Å². The van der Waals surface area contributed by atoms with E-state index in [1.54, 1.807) is 24.3 Å². The number of hydrogen-bond acceptors (Lipinski definition) is 7. The van der Waals surface area contributed by atoms with E-state index in [9.17, 15) is 19.6 Å². The number of anilines is 1. The summed E-state index contributed by atoms with van der Waals surface area (Å²) in [7, 11) is 0. The predicted molar refractivity (Wildman–Crippen MR) is 127 cm³/mol. The molecule has 0 saturated carbocycles. The molecule has 4 heterocycles. The molecule has 3 amide bonds. The second kappa shape index (κ2) is 8.75. The molecule has 3 aromatic rings. The fraction of sp³-hybridized carbons (Fsp3) is 0.250. The Hall–Kier alpha value is -4.16. The summed E-state index contributed by atoms with van der Waals surface area (Å²) in [4.78, 5) is 39.8. The summed E-state index contributed by atoms with van der Waals surface area (Å²) in [5.41, 5.74) is 2.38. The van der Waals surface area contributed by atoms with Gasteiger partial charge in [-0.05, 0) is 71.2 Å². The Kier molecular flexibility index (Phi) is 5.50. The smallest absolute Gasteiger partial charge is 0.277 e. The molecule has 13 heteroatoms. The quantitative estimate of drug-likeness (QED) is 0.502. The molecular weight excluding hydrogens is 505 g/mol. The third kappa shape index (κ3) is 3.85. The number of carbonyl (C=O) groups excluding carboxylic acids is 3. The minimum Gasteiger partial charge on any atom is -0.324 e. The lowest BCUT2D eigenvalue weighted by Gasteiger charge is -2.33. The number of rotatable bonds is 4. The SMILES string of the molecule is O=C(Nc1ccc2c(c1)CN(O)C2=O)[C@@H]1CCC2CC(c3c(-n4cnnn4)ccc(Cl)c3F)=CC(=O)N21. The van der Waals surface area contributed by atoms with Crippen molar-refractivity contribution in [2.24, 2.45) is 0 Å². The van der Waals surface area contributed by atoms with Crippen LogP contribution in [0.3, 0.4) is 0 Å². The number of nitrogens with zero attached hydrogens (tertiary/aromatic N) is 6. The van der Waals surface area contributed by atoms with E-state index in [4.69, 9.17) is 11.6 Å². The molecule has 2 aromatic carbocycles. The molecule has 1 saturated heterocycles. The topological polar surface area (TPSA) is 134 Å². The van der Waals surface area contributed by atoms with Crippen molar-refractivity contribution in [2.45, 2.75) is 37.9 Å². The number of aromatic nitrogens is 4. The molecule has 11 nitrogen and oxygen atoms in total. The lowest BCUT2D eigenvalue weighted by molar-refractivity contribution is -0.135. The summed E-state index contributed by atoms with van der Waals surface area (Å²) in [5, 5.41) is 24.0. The number of halogens is 2. The van der Waals surface area contributed by atoms with Crippen molar-refractivity contribution in [3.63, 3.8) is 0 Å². The average molecular weight is 524 g/mol. The molecule has 1 unspecified atom stereocenters. The first-order valence-electron chi connectivity index (χ1n) is 11.5. The molecule has 3 aliphatic heterocycles. The van der Waals surface area contributed by atoms with Crippen LogP contribution in [-0.4, -0.2) is 65.2 Å². The molecular formula is C24H19ClFN7O4. The van der Waals surface area contributed by atoms with Gasteiger partial charge in [0.25, 0.3) is 5.91 Å². The van der Waals surface area contributed by atoms with Crippen LogP contribution in [0.5, 0.6) is 0 Å². The summed E-state index contributed by atoms with van der Waals surface area (Å²) in [6.07, 6.45) is 3.99. The van der Waals surface area contributed by atoms with Crippen LogP contribution in [0.2, 0.25) is 5.02 Å². The van der Waals surface area contributed by atoms with Gasteiger partial charge in [-0.25, -0.2) is 9.45 Å². The maximum Gasteiger partial charge on any atom is 0.277 e. The van der Waals surface area contributed by atoms with Crippen molar-refractivity contribution in [1.29, 1.82) is 0 Å². The van der Waals surface area contributed by atoms with Gasteiger partial charge < -0.3 is 10.2 Å². The van der Waals surface area contributed by atoms with E-state index >= 15 is 4.39 Å². The highest BCUT2D eigenvalue weighted by molar-refractivity contribution is 6.31. The average Bonchev–Trinajstić information content (AvgIpc) is 3.61. The largest absolute Gasteiger partial charge is 0.324 e. The monoisotopic (exact) mass is 523 g/mol. The van der Waals surface area contributed by atoms with Crippen molar-refractivity contribution < 1.29 is 24.0 Å². The van der Waals surface area contributed by atoms with Crippen LogP contribution in [0.1, 0.15) is 40.7 Å². The molecule has 2 N–H and O–H groups in total. The highest BCUT2D eigenvalue weighted by Gasteiger charge is 2.43. The first-order valence-corrected chi connectivity index (χ1v) is 11.9. The number of fused-ring (bicyclic) bond motifs is 2. The van der Waals surface area contributed by atoms with Crippen LogP contribution in [0.15, 0.2) is 42.7 Å². The summed E-state index contributed by atoms with van der Waals surface area (Å²) in [6.45, 7) is 0.0360. The highest BCUT2D eigenvalue weighted by atomic mass is 35.5. The minimum atomic E-state index is -0.706. The van der Waals surface area contributed by atoms with Crippen molar-refractivity contribution in [2.75, 3.05) is 5.32 Å². The molecule has 0 radical (unpaired) electrons. The highest BCUT2D eigenvalue weighted by Crippen LogP contribution is 2.40. The number of hydrogen-bond donors (Lipinski definition) is 2. The van der Waals surface area contributed by atoms with Crippen molar-refractivity contribution in [1.82, 2.24) is 30.2 Å². The van der Waals surface area contributed by atoms with Crippen LogP contribution in [0.4, 0.5) is 10.1 Å². The van der Waals surface area contributed by atoms with Gasteiger partial charge in [0.15, 0.2) is 5.82 Å². The van der Waals surface area contributed by atoms with Gasteiger partial charge in [0.05, 0.1) is 17.3 Å². The molecule has 6 rings (SSSR count). The Morgan fingerprint density at radius 2 is 2.03 bits per heavy atom. The normalized spacial score (nSPS) is 20.7. The fourth-order valence-electron chi connectivity index (χ4n) is 5.30. The summed E-state index contributed by atoms with van der Waals surface area (Å²) in [6, 6.07) is 6.73. The number of nitrogens with one attached hydrogen (secondary N) is 1. The number of amides is 3. The van der Waals surface area contributed by atoms with E-state index in [0.29, 0.717) is 52.4 Å². The number of carbonyl (C=O) groups is 3. The maximum atomic E-state index is 15.2. The molecule has 1 fully saturated rings. The molecule has 0 spiro atoms. The maximum absolute atomic E-state index is 15.2. The zero-order chi connectivity index (χ0) is 25.8. The van der Waals surface area contributed by atoms with E-state index in [1.165, 1.54) is 28.1 Å². The molecule has 37 heavy (non-hydrogen) atoms. The fourth-order valence-corrected chi connectivity index (χ4v) is 5.46. The lowest BCUT2D eigenvalue weighted by atomic mass is 9.92. The number of benzene rings is 2. The third-order valence-electron chi connectivity index (χ3n) is 6.96. The van der Waals surface area contributed by atoms with Gasteiger partial charge in [0.1, 0.15) is 12.4 Å². The van der Waals surface area contributed by atoms with Gasteiger partial charge in [-0.2, -0.15) is 4.68 Å². The van der Waals surface area contributed by atoms with Gasteiger partial charge in [0, 0.05) is 28.9 Å². The molecule has 1 aromatic heterocycles. The third-order valence-corrected chi connectivity index (χ3v) is 7.25. The lowest BCUT2D eigenvalue weighted by Crippen LogP contribution is -2.48. The molecule has 188 valence electrons. The minimum absolute atomic E-state index is 0.0360. The molecule has 0 aliphatic carbocycles. The summed E-state index contributed by atoms with van der Waals surface area (Å²) >= 11 is 6.06. The first-order chi connectivity index (χ1) is 17.8. The van der Waals surface area contributed by atoms with E-state index in [0.717, 1.165) is 0 Å². The van der Waals surface area contributed by atoms with Gasteiger partial charge in [-0.1, -0.05) is 11.6 Å². The molecule has 3 aliphatic rings. The second-order valence-corrected chi connectivity index (χ2v) is 9.51. The summed E-state index contributed by atoms with van der Waals surface area (Å²) in [5.74, 6) is -1.93. The van der Waals surface area contributed by atoms with E-state index in [1.807, 2.05) is 0 Å². The molecule has 2 atom stereocenters. The predicted octanol–water partition coefficient (Wildman–Crippen LogP) is 2.59. The number of hydroxylamine groups is 2. The first kappa shape index (κ1) is 23.3. The van der Waals surface area contributed by atoms with Gasteiger partial charge >= 0.3 is 0 Å². The van der Waals surface area contributed by atoms with Gasteiger partial charge in [-0.15, -0.1) is 5.10 Å². The van der Waals surface area contributed by atoms with E-state index < -0.39 is 23.7 Å². The Labute approximate surface area is 214 Å². The standard InChI is InChI=1S/C24H19ClFN7O4/c25-17-4-6-18(31-11-27-29-30-31)21(22(17)26)12-8-15-2-5-19(33(15)20(34)9-12)23(35)28-14-1-3-16-13(7-14)10-32(37)24(16)36/h1,3-4,6-7,9,11,15,19,37H,2,5,8,10H2,(H,28,35)/t15?,19-/m0/s1. The van der Waals surface area contributed by atoms with Crippen LogP contribution in [-0.2, 0) is 16.1 Å². The van der Waals surface area contributed by atoms with Crippen LogP contribution >= 0.6 is 11.6 Å². The van der Waals surface area contributed by atoms with E-state index in [-0.39, 0.29) is 29.1 Å². The number of tetrazole rings is 1. The van der Waals surface area contributed by atoms with Crippen LogP contribution in [0.25, 0.3) is 11.3 Å². The van der Waals surface area contributed by atoms with E-state index in [2.05, 4.69) is 20.8 Å². The Bertz CT molecular complexity index is 1490. The summed E-state index contributed by atoms with van der Waals surface area (Å²) < 4.78 is 16.5. The van der Waals surface area contributed by atoms with Crippen molar-refractivity contribution in [3.05, 3.63) is 70.3 Å².